The number of non-ortho nitro benzene ring substituents is 1. The third-order valence-electron chi connectivity index (χ3n) is 4.28. The summed E-state index contributed by atoms with van der Waals surface area (Å²) in [6, 6.07) is 6.04. The summed E-state index contributed by atoms with van der Waals surface area (Å²) in [6.45, 7) is 3.05. The Kier molecular flexibility index (Phi) is 8.64. The molecule has 0 fully saturated rings. The van der Waals surface area contributed by atoms with Crippen molar-refractivity contribution in [2.45, 2.75) is 13.3 Å². The lowest BCUT2D eigenvalue weighted by Gasteiger charge is -2.19. The number of amides is 1. The number of benzene rings is 2. The Hall–Kier alpha value is -4.04. The molecule has 34 heavy (non-hydrogen) atoms. The van der Waals surface area contributed by atoms with E-state index in [0.29, 0.717) is 53.3 Å². The normalized spacial score (nSPS) is 12.3. The molecule has 0 unspecified atom stereocenters. The Balaban J connectivity index is 0.000000242. The minimum absolute atomic E-state index is 0.0452. The molecular weight excluding hydrogens is 499 g/mol. The minimum Gasteiger partial charge on any atom is -0.497 e. The van der Waals surface area contributed by atoms with E-state index in [1.165, 1.54) is 0 Å². The molecule has 1 aliphatic heterocycles. The molecule has 2 aromatic carbocycles. The van der Waals surface area contributed by atoms with E-state index in [4.69, 9.17) is 28.3 Å². The van der Waals surface area contributed by atoms with Gasteiger partial charge in [0.1, 0.15) is 0 Å². The summed E-state index contributed by atoms with van der Waals surface area (Å²) < 4.78 is 0. The van der Waals surface area contributed by atoms with Crippen molar-refractivity contribution in [1.29, 1.82) is 0 Å². The molecule has 2 aromatic rings. The van der Waals surface area contributed by atoms with E-state index in [1.54, 1.807) is 23.1 Å². The number of nitrogens with zero attached hydrogens (tertiary/aromatic N) is 5. The van der Waals surface area contributed by atoms with Gasteiger partial charge in [-0.1, -0.05) is 30.1 Å². The van der Waals surface area contributed by atoms with Crippen LogP contribution in [0, 0.1) is 30.3 Å². The predicted molar refractivity (Wildman–Crippen MR) is 122 cm³/mol. The van der Waals surface area contributed by atoms with Crippen LogP contribution in [-0.2, 0) is 4.79 Å². The van der Waals surface area contributed by atoms with Crippen molar-refractivity contribution >= 4 is 57.8 Å². The molecule has 0 saturated heterocycles. The van der Waals surface area contributed by atoms with E-state index in [9.17, 15) is 35.1 Å². The fraction of sp³-hybridized carbons (Fsp3) is 0.222. The van der Waals surface area contributed by atoms with E-state index in [0.717, 1.165) is 0 Å². The van der Waals surface area contributed by atoms with Gasteiger partial charge in [-0.2, -0.15) is 0 Å². The maximum Gasteiger partial charge on any atom is 0.324 e. The summed E-state index contributed by atoms with van der Waals surface area (Å²) in [7, 11) is 0. The number of halogens is 2. The number of carbonyl (C=O) groups excluding carboxylic acids is 1. The maximum absolute atomic E-state index is 11.7. The minimum atomic E-state index is -1.21. The zero-order valence-electron chi connectivity index (χ0n) is 17.3. The Labute approximate surface area is 200 Å². The molecule has 16 heteroatoms. The first kappa shape index (κ1) is 26.2. The second-order valence-electron chi connectivity index (χ2n) is 6.46. The summed E-state index contributed by atoms with van der Waals surface area (Å²) in [4.78, 5) is 45.4. The third kappa shape index (κ3) is 6.26. The smallest absolute Gasteiger partial charge is 0.324 e. The Morgan fingerprint density at radius 2 is 1.68 bits per heavy atom. The van der Waals surface area contributed by atoms with E-state index in [2.05, 4.69) is 10.3 Å². The molecule has 2 N–H and O–H groups in total. The molecular formula is C18H16Cl2N6O8. The highest BCUT2D eigenvalue weighted by Crippen LogP contribution is 2.39. The van der Waals surface area contributed by atoms with Gasteiger partial charge in [0.15, 0.2) is 0 Å². The number of hydrogen-bond acceptors (Lipinski definition) is 10. The van der Waals surface area contributed by atoms with Gasteiger partial charge in [0, 0.05) is 18.0 Å². The van der Waals surface area contributed by atoms with Crippen molar-refractivity contribution in [2.24, 2.45) is 4.99 Å². The summed E-state index contributed by atoms with van der Waals surface area (Å²) in [5, 5.41) is 44.4. The summed E-state index contributed by atoms with van der Waals surface area (Å²) in [6.07, 6.45) is 0.453. The zero-order chi connectivity index (χ0) is 25.6. The number of carbonyl (C=O) groups is 1. The molecule has 180 valence electrons. The Morgan fingerprint density at radius 3 is 2.15 bits per heavy atom. The number of phenolic OH excluding ortho intramolecular Hbond substituents is 1. The van der Waals surface area contributed by atoms with Crippen LogP contribution in [0.1, 0.15) is 13.3 Å². The van der Waals surface area contributed by atoms with E-state index in [1.807, 2.05) is 6.92 Å². The molecule has 1 heterocycles. The average Bonchev–Trinajstić information content (AvgIpc) is 3.23. The SMILES string of the molecule is CCC(=O)N1CCN=C1Nc1ccc(Cl)cc1Cl.O=[N+]([O-])c1cc([N+](=O)[O-])c(O)c([N+](=O)[O-])c1. The van der Waals surface area contributed by atoms with Gasteiger partial charge in [0.05, 0.1) is 44.2 Å². The number of nitro groups is 3. The van der Waals surface area contributed by atoms with Crippen LogP contribution in [0.25, 0.3) is 0 Å². The van der Waals surface area contributed by atoms with Crippen LogP contribution in [0.15, 0.2) is 35.3 Å². The van der Waals surface area contributed by atoms with Gasteiger partial charge in [0.25, 0.3) is 11.4 Å². The van der Waals surface area contributed by atoms with Gasteiger partial charge in [0.2, 0.25) is 11.9 Å². The number of phenols is 1. The van der Waals surface area contributed by atoms with Crippen molar-refractivity contribution in [3.8, 4) is 5.75 Å². The second-order valence-corrected chi connectivity index (χ2v) is 7.30. The monoisotopic (exact) mass is 514 g/mol. The van der Waals surface area contributed by atoms with Gasteiger partial charge in [-0.3, -0.25) is 45.0 Å². The fourth-order valence-corrected chi connectivity index (χ4v) is 3.13. The van der Waals surface area contributed by atoms with Crippen molar-refractivity contribution < 1.29 is 24.7 Å². The van der Waals surface area contributed by atoms with Gasteiger partial charge < -0.3 is 10.4 Å². The number of aromatic hydroxyl groups is 1. The quantitative estimate of drug-likeness (QED) is 0.435. The molecule has 0 atom stereocenters. The Morgan fingerprint density at radius 1 is 1.09 bits per heavy atom. The first-order valence-corrected chi connectivity index (χ1v) is 10.1. The second kappa shape index (κ2) is 11.2. The maximum atomic E-state index is 11.7. The summed E-state index contributed by atoms with van der Waals surface area (Å²) >= 11 is 11.9. The zero-order valence-corrected chi connectivity index (χ0v) is 18.8. The topological polar surface area (TPSA) is 194 Å². The van der Waals surface area contributed by atoms with Crippen LogP contribution in [-0.4, -0.2) is 49.7 Å². The number of rotatable bonds is 5. The number of nitrogens with one attached hydrogen (secondary N) is 1. The third-order valence-corrected chi connectivity index (χ3v) is 4.83. The standard InChI is InChI=1S/C12H13Cl2N3O.C6H3N3O7/c1-2-11(18)17-6-5-15-12(17)16-10-4-3-8(13)7-9(10)14;10-6-4(8(13)14)1-3(7(11)12)2-5(6)9(15)16/h3-4,7H,2,5-6H2,1H3,(H,15,16);1-2,10H. The van der Waals surface area contributed by atoms with Crippen LogP contribution in [0.3, 0.4) is 0 Å². The van der Waals surface area contributed by atoms with Gasteiger partial charge in [-0.05, 0) is 18.2 Å². The van der Waals surface area contributed by atoms with Crippen molar-refractivity contribution in [3.05, 3.63) is 70.7 Å². The van der Waals surface area contributed by atoms with Crippen LogP contribution in [0.5, 0.6) is 5.75 Å². The lowest BCUT2D eigenvalue weighted by molar-refractivity contribution is -0.404. The van der Waals surface area contributed by atoms with Crippen LogP contribution < -0.4 is 5.32 Å². The van der Waals surface area contributed by atoms with Crippen LogP contribution in [0.4, 0.5) is 22.7 Å². The fourth-order valence-electron chi connectivity index (χ4n) is 2.67. The van der Waals surface area contributed by atoms with E-state index < -0.39 is 37.6 Å². The van der Waals surface area contributed by atoms with Crippen LogP contribution in [0.2, 0.25) is 10.0 Å². The van der Waals surface area contributed by atoms with Crippen molar-refractivity contribution in [2.75, 3.05) is 18.4 Å². The number of hydrogen-bond donors (Lipinski definition) is 2. The lowest BCUT2D eigenvalue weighted by atomic mass is 10.2. The highest BCUT2D eigenvalue weighted by atomic mass is 35.5. The highest BCUT2D eigenvalue weighted by Gasteiger charge is 2.30. The molecule has 0 aromatic heterocycles. The predicted octanol–water partition coefficient (Wildman–Crippen LogP) is 4.13. The van der Waals surface area contributed by atoms with Crippen LogP contribution >= 0.6 is 23.2 Å². The average molecular weight is 515 g/mol. The largest absolute Gasteiger partial charge is 0.497 e. The molecule has 1 aliphatic rings. The number of guanidine groups is 1. The van der Waals surface area contributed by atoms with Gasteiger partial charge >= 0.3 is 11.4 Å². The van der Waals surface area contributed by atoms with Gasteiger partial charge in [-0.15, -0.1) is 0 Å². The first-order valence-electron chi connectivity index (χ1n) is 9.33. The van der Waals surface area contributed by atoms with Crippen molar-refractivity contribution in [1.82, 2.24) is 4.90 Å². The lowest BCUT2D eigenvalue weighted by Crippen LogP contribution is -2.37. The number of nitro benzene ring substituents is 3. The summed E-state index contributed by atoms with van der Waals surface area (Å²) in [5.74, 6) is -0.615. The Bertz CT molecular complexity index is 1150. The van der Waals surface area contributed by atoms with E-state index >= 15 is 0 Å². The molecule has 1 amide bonds. The van der Waals surface area contributed by atoms with Gasteiger partial charge in [-0.25, -0.2) is 0 Å². The molecule has 0 saturated carbocycles. The van der Waals surface area contributed by atoms with Crippen molar-refractivity contribution in [3.63, 3.8) is 0 Å². The molecule has 14 nitrogen and oxygen atoms in total. The molecule has 0 bridgehead atoms. The number of aliphatic imine (C=N–C) groups is 1. The molecule has 0 radical (unpaired) electrons. The molecule has 0 aliphatic carbocycles. The first-order chi connectivity index (χ1) is 16.0. The summed E-state index contributed by atoms with van der Waals surface area (Å²) in [5.41, 5.74) is -2.31. The highest BCUT2D eigenvalue weighted by molar-refractivity contribution is 6.36. The number of anilines is 1. The molecule has 0 spiro atoms. The molecule has 3 rings (SSSR count). The van der Waals surface area contributed by atoms with E-state index in [-0.39, 0.29) is 5.91 Å².